The molecule has 0 unspecified atom stereocenters. The van der Waals surface area contributed by atoms with Gasteiger partial charge in [-0.05, 0) is 32.4 Å². The van der Waals surface area contributed by atoms with E-state index in [-0.39, 0.29) is 5.78 Å². The molecule has 92 valence electrons. The molecule has 2 nitrogen and oxygen atoms in total. The number of carbonyl (C=O) groups excluding carboxylic acids is 1. The highest BCUT2D eigenvalue weighted by Crippen LogP contribution is 2.20. The normalized spacial score (nSPS) is 10.6. The number of hydrogen-bond donors (Lipinski definition) is 0. The number of aryl methyl sites for hydroxylation is 1. The van der Waals surface area contributed by atoms with Crippen molar-refractivity contribution in [3.63, 3.8) is 0 Å². The molecule has 0 fully saturated rings. The van der Waals surface area contributed by atoms with Crippen molar-refractivity contribution in [1.29, 1.82) is 0 Å². The minimum atomic E-state index is 0.166. The van der Waals surface area contributed by atoms with E-state index in [1.807, 2.05) is 44.2 Å². The van der Waals surface area contributed by atoms with Gasteiger partial charge in [0.25, 0.3) is 0 Å². The van der Waals surface area contributed by atoms with Gasteiger partial charge in [0.1, 0.15) is 0 Å². The van der Waals surface area contributed by atoms with Crippen molar-refractivity contribution < 1.29 is 4.79 Å². The Kier molecular flexibility index (Phi) is 3.56. The molecule has 0 spiro atoms. The van der Waals surface area contributed by atoms with Gasteiger partial charge in [0.15, 0.2) is 5.78 Å². The van der Waals surface area contributed by atoms with Crippen LogP contribution < -0.4 is 0 Å². The van der Waals surface area contributed by atoms with Crippen LogP contribution in [0.3, 0.4) is 0 Å². The van der Waals surface area contributed by atoms with Crippen molar-refractivity contribution >= 4 is 16.7 Å². The van der Waals surface area contributed by atoms with Gasteiger partial charge < -0.3 is 0 Å². The highest BCUT2D eigenvalue weighted by atomic mass is 16.1. The molecule has 0 amide bonds. The lowest BCUT2D eigenvalue weighted by Crippen LogP contribution is -2.02. The monoisotopic (exact) mass is 239 g/mol. The van der Waals surface area contributed by atoms with Crippen molar-refractivity contribution in [3.8, 4) is 0 Å². The molecule has 1 aromatic heterocycles. The first-order valence-corrected chi connectivity index (χ1v) is 6.12. The van der Waals surface area contributed by atoms with Crippen LogP contribution in [-0.2, 0) is 0 Å². The summed E-state index contributed by atoms with van der Waals surface area (Å²) in [5, 5.41) is 0.940. The molecule has 0 N–H and O–H groups in total. The van der Waals surface area contributed by atoms with Crippen molar-refractivity contribution in [1.82, 2.24) is 4.98 Å². The number of nitrogens with zero attached hydrogens (tertiary/aromatic N) is 1. The number of allylic oxidation sites excluding steroid dienone is 1. The SMILES string of the molecule is C=C(C)CCC(=O)c1cc(C)nc2ccccc12. The van der Waals surface area contributed by atoms with E-state index in [1.165, 1.54) is 0 Å². The number of benzene rings is 1. The van der Waals surface area contributed by atoms with Crippen LogP contribution in [0.1, 0.15) is 35.8 Å². The number of para-hydroxylation sites is 1. The molecule has 1 aromatic carbocycles. The number of pyridine rings is 1. The molecule has 0 atom stereocenters. The fraction of sp³-hybridized carbons (Fsp3) is 0.250. The van der Waals surface area contributed by atoms with E-state index in [0.29, 0.717) is 6.42 Å². The Balaban J connectivity index is 2.43. The highest BCUT2D eigenvalue weighted by Gasteiger charge is 2.11. The van der Waals surface area contributed by atoms with Gasteiger partial charge in [-0.3, -0.25) is 9.78 Å². The van der Waals surface area contributed by atoms with Gasteiger partial charge in [-0.2, -0.15) is 0 Å². The molecule has 0 aliphatic carbocycles. The van der Waals surface area contributed by atoms with Crippen LogP contribution in [0.2, 0.25) is 0 Å². The summed E-state index contributed by atoms with van der Waals surface area (Å²) in [6.07, 6.45) is 1.26. The Morgan fingerprint density at radius 3 is 2.72 bits per heavy atom. The fourth-order valence-corrected chi connectivity index (χ4v) is 2.00. The maximum atomic E-state index is 12.2. The van der Waals surface area contributed by atoms with Crippen molar-refractivity contribution in [2.24, 2.45) is 0 Å². The summed E-state index contributed by atoms with van der Waals surface area (Å²) in [5.74, 6) is 0.166. The van der Waals surface area contributed by atoms with E-state index in [9.17, 15) is 4.79 Å². The molecule has 0 radical (unpaired) electrons. The van der Waals surface area contributed by atoms with Crippen LogP contribution >= 0.6 is 0 Å². The molecule has 2 heteroatoms. The molecule has 2 rings (SSSR count). The second kappa shape index (κ2) is 5.13. The summed E-state index contributed by atoms with van der Waals surface area (Å²) < 4.78 is 0. The topological polar surface area (TPSA) is 30.0 Å². The van der Waals surface area contributed by atoms with E-state index < -0.39 is 0 Å². The Morgan fingerprint density at radius 2 is 2.00 bits per heavy atom. The lowest BCUT2D eigenvalue weighted by atomic mass is 10.00. The molecule has 1 heterocycles. The zero-order valence-electron chi connectivity index (χ0n) is 10.9. The second-order valence-electron chi connectivity index (χ2n) is 4.71. The maximum Gasteiger partial charge on any atom is 0.163 e. The van der Waals surface area contributed by atoms with Crippen molar-refractivity contribution in [2.45, 2.75) is 26.7 Å². The standard InChI is InChI=1S/C16H17NO/c1-11(2)8-9-16(18)14-10-12(3)17-15-7-5-4-6-13(14)15/h4-7,10H,1,8-9H2,2-3H3. The lowest BCUT2D eigenvalue weighted by molar-refractivity contribution is 0.0984. The summed E-state index contributed by atoms with van der Waals surface area (Å²) >= 11 is 0. The number of rotatable bonds is 4. The smallest absolute Gasteiger partial charge is 0.163 e. The van der Waals surface area contributed by atoms with Gasteiger partial charge in [0.05, 0.1) is 5.52 Å². The highest BCUT2D eigenvalue weighted by molar-refractivity contribution is 6.07. The van der Waals surface area contributed by atoms with Crippen molar-refractivity contribution in [2.75, 3.05) is 0 Å². The van der Waals surface area contributed by atoms with Crippen LogP contribution in [0.15, 0.2) is 42.5 Å². The van der Waals surface area contributed by atoms with Gasteiger partial charge in [-0.1, -0.05) is 23.8 Å². The Labute approximate surface area is 107 Å². The molecule has 0 aliphatic heterocycles. The van der Waals surface area contributed by atoms with E-state index in [1.54, 1.807) is 0 Å². The molecule has 0 aliphatic rings. The molecule has 0 saturated carbocycles. The molecule has 2 aromatic rings. The Morgan fingerprint density at radius 1 is 1.28 bits per heavy atom. The zero-order chi connectivity index (χ0) is 13.1. The molecule has 18 heavy (non-hydrogen) atoms. The summed E-state index contributed by atoms with van der Waals surface area (Å²) in [4.78, 5) is 16.7. The maximum absolute atomic E-state index is 12.2. The summed E-state index contributed by atoms with van der Waals surface area (Å²) in [7, 11) is 0. The van der Waals surface area contributed by atoms with Crippen molar-refractivity contribution in [3.05, 3.63) is 53.7 Å². The molecule has 0 saturated heterocycles. The Bertz CT molecular complexity index is 614. The second-order valence-corrected chi connectivity index (χ2v) is 4.71. The van der Waals surface area contributed by atoms with Gasteiger partial charge in [0, 0.05) is 23.1 Å². The van der Waals surface area contributed by atoms with E-state index in [2.05, 4.69) is 11.6 Å². The average Bonchev–Trinajstić information content (AvgIpc) is 2.34. The van der Waals surface area contributed by atoms with Gasteiger partial charge in [0.2, 0.25) is 0 Å². The minimum absolute atomic E-state index is 0.166. The van der Waals surface area contributed by atoms with Gasteiger partial charge in [-0.15, -0.1) is 6.58 Å². The average molecular weight is 239 g/mol. The third kappa shape index (κ3) is 2.65. The summed E-state index contributed by atoms with van der Waals surface area (Å²) in [6, 6.07) is 9.66. The summed E-state index contributed by atoms with van der Waals surface area (Å²) in [6.45, 7) is 7.70. The first-order chi connectivity index (χ1) is 8.58. The minimum Gasteiger partial charge on any atom is -0.294 e. The summed E-state index contributed by atoms with van der Waals surface area (Å²) in [5.41, 5.74) is 3.58. The third-order valence-electron chi connectivity index (χ3n) is 2.92. The van der Waals surface area contributed by atoms with Crippen LogP contribution in [0.5, 0.6) is 0 Å². The van der Waals surface area contributed by atoms with Gasteiger partial charge >= 0.3 is 0 Å². The van der Waals surface area contributed by atoms with Crippen LogP contribution in [-0.4, -0.2) is 10.8 Å². The van der Waals surface area contributed by atoms with Crippen LogP contribution in [0.4, 0.5) is 0 Å². The number of carbonyl (C=O) groups is 1. The quantitative estimate of drug-likeness (QED) is 0.594. The number of ketones is 1. The van der Waals surface area contributed by atoms with E-state index in [0.717, 1.165) is 34.2 Å². The molecule has 0 bridgehead atoms. The zero-order valence-corrected chi connectivity index (χ0v) is 10.9. The molecular weight excluding hydrogens is 222 g/mol. The van der Waals surface area contributed by atoms with Gasteiger partial charge in [-0.25, -0.2) is 0 Å². The predicted octanol–water partition coefficient (Wildman–Crippen LogP) is 4.08. The first kappa shape index (κ1) is 12.5. The number of fused-ring (bicyclic) bond motifs is 1. The molecular formula is C16H17NO. The number of hydrogen-bond acceptors (Lipinski definition) is 2. The van der Waals surface area contributed by atoms with Crippen LogP contribution in [0.25, 0.3) is 10.9 Å². The van der Waals surface area contributed by atoms with Crippen LogP contribution in [0, 0.1) is 6.92 Å². The third-order valence-corrected chi connectivity index (χ3v) is 2.92. The van der Waals surface area contributed by atoms with E-state index in [4.69, 9.17) is 0 Å². The lowest BCUT2D eigenvalue weighted by Gasteiger charge is -2.07. The fourth-order valence-electron chi connectivity index (χ4n) is 2.00. The first-order valence-electron chi connectivity index (χ1n) is 6.12. The van der Waals surface area contributed by atoms with E-state index >= 15 is 0 Å². The number of aromatic nitrogens is 1. The Hall–Kier alpha value is -1.96. The number of Topliss-reactive ketones (excluding diaryl/α,β-unsaturated/α-hetero) is 1. The largest absolute Gasteiger partial charge is 0.294 e. The predicted molar refractivity (Wildman–Crippen MR) is 74.9 cm³/mol.